The number of aryl methyl sites for hydroxylation is 1. The Hall–Kier alpha value is -1.16. The Morgan fingerprint density at radius 3 is 2.50 bits per heavy atom. The van der Waals surface area contributed by atoms with E-state index >= 15 is 0 Å². The molecule has 0 aliphatic carbocycles. The van der Waals surface area contributed by atoms with Gasteiger partial charge in [-0.3, -0.25) is 9.59 Å². The van der Waals surface area contributed by atoms with E-state index in [9.17, 15) is 9.59 Å². The number of amides is 1. The van der Waals surface area contributed by atoms with Gasteiger partial charge in [-0.15, -0.1) is 11.3 Å². The van der Waals surface area contributed by atoms with Gasteiger partial charge in [0.2, 0.25) is 5.78 Å². The van der Waals surface area contributed by atoms with Crippen LogP contribution in [0.25, 0.3) is 0 Å². The van der Waals surface area contributed by atoms with Crippen LogP contribution in [0, 0.1) is 6.92 Å². The van der Waals surface area contributed by atoms with E-state index in [1.807, 2.05) is 5.38 Å². The molecule has 88 valence electrons. The fourth-order valence-electron chi connectivity index (χ4n) is 1.57. The Bertz CT molecular complexity index is 407. The van der Waals surface area contributed by atoms with Crippen LogP contribution in [0.2, 0.25) is 0 Å². The zero-order valence-corrected chi connectivity index (χ0v) is 10.9. The summed E-state index contributed by atoms with van der Waals surface area (Å²) in [4.78, 5) is 23.2. The smallest absolute Gasteiger partial charge is 0.287 e. The summed E-state index contributed by atoms with van der Waals surface area (Å²) in [5.41, 5.74) is 1.09. The zero-order chi connectivity index (χ0) is 12.3. The lowest BCUT2D eigenvalue weighted by Crippen LogP contribution is -2.39. The van der Waals surface area contributed by atoms with Gasteiger partial charge in [-0.2, -0.15) is 0 Å². The van der Waals surface area contributed by atoms with Crippen molar-refractivity contribution in [1.82, 2.24) is 5.32 Å². The zero-order valence-electron chi connectivity index (χ0n) is 10.1. The first-order valence-corrected chi connectivity index (χ1v) is 6.06. The van der Waals surface area contributed by atoms with E-state index in [-0.39, 0.29) is 5.41 Å². The lowest BCUT2D eigenvalue weighted by atomic mass is 9.89. The molecule has 0 aromatic carbocycles. The molecule has 0 spiro atoms. The molecule has 1 aromatic heterocycles. The number of carbonyl (C=O) groups excluding carboxylic acids is 2. The molecule has 1 heterocycles. The molecular formula is C12H17NO2S. The van der Waals surface area contributed by atoms with Gasteiger partial charge in [0.05, 0.1) is 0 Å². The van der Waals surface area contributed by atoms with Gasteiger partial charge in [-0.1, -0.05) is 13.8 Å². The molecule has 16 heavy (non-hydrogen) atoms. The highest BCUT2D eigenvalue weighted by Crippen LogP contribution is 2.30. The minimum absolute atomic E-state index is 0.136. The molecule has 0 saturated carbocycles. The first-order valence-electron chi connectivity index (χ1n) is 5.18. The molecule has 1 aromatic rings. The summed E-state index contributed by atoms with van der Waals surface area (Å²) >= 11 is 1.68. The van der Waals surface area contributed by atoms with Crippen molar-refractivity contribution in [2.45, 2.75) is 33.1 Å². The van der Waals surface area contributed by atoms with Gasteiger partial charge < -0.3 is 5.32 Å². The maximum atomic E-state index is 11.2. The monoisotopic (exact) mass is 239 g/mol. The Morgan fingerprint density at radius 2 is 2.06 bits per heavy atom. The van der Waals surface area contributed by atoms with Gasteiger partial charge in [0.15, 0.2) is 0 Å². The molecule has 0 unspecified atom stereocenters. The van der Waals surface area contributed by atoms with Gasteiger partial charge in [0, 0.05) is 23.8 Å². The third-order valence-corrected chi connectivity index (χ3v) is 3.87. The fraction of sp³-hybridized carbons (Fsp3) is 0.500. The van der Waals surface area contributed by atoms with Crippen molar-refractivity contribution >= 4 is 23.0 Å². The fourth-order valence-corrected chi connectivity index (χ4v) is 2.63. The van der Waals surface area contributed by atoms with Gasteiger partial charge >= 0.3 is 0 Å². The minimum Gasteiger partial charge on any atom is -0.349 e. The highest BCUT2D eigenvalue weighted by Gasteiger charge is 2.25. The normalized spacial score (nSPS) is 11.2. The van der Waals surface area contributed by atoms with Crippen molar-refractivity contribution in [3.8, 4) is 0 Å². The van der Waals surface area contributed by atoms with Crippen LogP contribution in [0.4, 0.5) is 0 Å². The van der Waals surface area contributed by atoms with Crippen molar-refractivity contribution in [2.24, 2.45) is 0 Å². The Labute approximate surface area is 99.9 Å². The average molecular weight is 239 g/mol. The van der Waals surface area contributed by atoms with Crippen molar-refractivity contribution in [3.05, 3.63) is 21.9 Å². The van der Waals surface area contributed by atoms with Crippen molar-refractivity contribution < 1.29 is 9.59 Å². The van der Waals surface area contributed by atoms with Crippen LogP contribution in [0.5, 0.6) is 0 Å². The quantitative estimate of drug-likeness (QED) is 0.817. The van der Waals surface area contributed by atoms with E-state index in [0.29, 0.717) is 6.54 Å². The molecule has 0 fully saturated rings. The number of rotatable bonds is 4. The molecule has 0 radical (unpaired) electrons. The summed E-state index contributed by atoms with van der Waals surface area (Å²) in [5, 5.41) is 4.70. The summed E-state index contributed by atoms with van der Waals surface area (Å²) in [6.45, 7) is 7.93. The first-order chi connectivity index (χ1) is 7.34. The largest absolute Gasteiger partial charge is 0.349 e. The third-order valence-electron chi connectivity index (χ3n) is 2.49. The lowest BCUT2D eigenvalue weighted by molar-refractivity contribution is -0.136. The van der Waals surface area contributed by atoms with Gasteiger partial charge in [-0.25, -0.2) is 0 Å². The summed E-state index contributed by atoms with van der Waals surface area (Å²) < 4.78 is 0. The lowest BCUT2D eigenvalue weighted by Gasteiger charge is -2.24. The molecule has 1 amide bonds. The molecule has 1 rings (SSSR count). The maximum Gasteiger partial charge on any atom is 0.287 e. The number of nitrogens with one attached hydrogen (secondary N) is 1. The van der Waals surface area contributed by atoms with Gasteiger partial charge in [-0.05, 0) is 23.9 Å². The highest BCUT2D eigenvalue weighted by molar-refractivity contribution is 7.10. The van der Waals surface area contributed by atoms with E-state index in [1.54, 1.807) is 11.3 Å². The van der Waals surface area contributed by atoms with Crippen LogP contribution >= 0.6 is 11.3 Å². The van der Waals surface area contributed by atoms with E-state index in [4.69, 9.17) is 0 Å². The van der Waals surface area contributed by atoms with E-state index in [0.717, 1.165) is 0 Å². The van der Waals surface area contributed by atoms with Crippen LogP contribution in [-0.2, 0) is 15.0 Å². The van der Waals surface area contributed by atoms with E-state index in [2.05, 4.69) is 32.2 Å². The molecule has 3 nitrogen and oxygen atoms in total. The predicted octanol–water partition coefficient (Wildman–Crippen LogP) is 2.04. The highest BCUT2D eigenvalue weighted by atomic mass is 32.1. The van der Waals surface area contributed by atoms with Crippen molar-refractivity contribution in [1.29, 1.82) is 0 Å². The average Bonchev–Trinajstić information content (AvgIpc) is 2.61. The molecule has 1 N–H and O–H groups in total. The van der Waals surface area contributed by atoms with Crippen LogP contribution in [-0.4, -0.2) is 18.2 Å². The summed E-state index contributed by atoms with van der Waals surface area (Å²) in [6, 6.07) is 2.06. The van der Waals surface area contributed by atoms with Crippen molar-refractivity contribution in [2.75, 3.05) is 6.54 Å². The van der Waals surface area contributed by atoms with Crippen LogP contribution in [0.1, 0.15) is 31.2 Å². The molecule has 0 aliphatic heterocycles. The number of Topliss-reactive ketones (excluding diaryl/α,β-unsaturated/α-hetero) is 1. The van der Waals surface area contributed by atoms with Gasteiger partial charge in [0.25, 0.3) is 5.91 Å². The minimum atomic E-state index is -0.512. The topological polar surface area (TPSA) is 46.2 Å². The molecule has 0 atom stereocenters. The third kappa shape index (κ3) is 2.92. The van der Waals surface area contributed by atoms with Crippen LogP contribution in [0.15, 0.2) is 11.4 Å². The molecule has 0 aliphatic rings. The van der Waals surface area contributed by atoms with Crippen LogP contribution in [0.3, 0.4) is 0 Å². The second-order valence-electron chi connectivity index (χ2n) is 4.56. The SMILES string of the molecule is CC(=O)C(=O)NCC(C)(C)c1sccc1C. The number of hydrogen-bond donors (Lipinski definition) is 1. The van der Waals surface area contributed by atoms with E-state index in [1.165, 1.54) is 17.4 Å². The predicted molar refractivity (Wildman–Crippen MR) is 65.8 cm³/mol. The number of hydrogen-bond acceptors (Lipinski definition) is 3. The molecule has 4 heteroatoms. The maximum absolute atomic E-state index is 11.2. The number of ketones is 1. The Morgan fingerprint density at radius 1 is 1.44 bits per heavy atom. The summed E-state index contributed by atoms with van der Waals surface area (Å²) in [6.07, 6.45) is 0. The molecule has 0 bridgehead atoms. The summed E-state index contributed by atoms with van der Waals surface area (Å²) in [5.74, 6) is -0.957. The Kier molecular flexibility index (Phi) is 3.86. The second-order valence-corrected chi connectivity index (χ2v) is 5.47. The standard InChI is InChI=1S/C12H17NO2S/c1-8-5-6-16-10(8)12(3,4)7-13-11(15)9(2)14/h5-6H,7H2,1-4H3,(H,13,15). The van der Waals surface area contributed by atoms with Crippen molar-refractivity contribution in [3.63, 3.8) is 0 Å². The Balaban J connectivity index is 2.70. The number of thiophene rings is 1. The van der Waals surface area contributed by atoms with E-state index < -0.39 is 11.7 Å². The second kappa shape index (κ2) is 4.78. The van der Waals surface area contributed by atoms with Gasteiger partial charge in [0.1, 0.15) is 0 Å². The molecule has 0 saturated heterocycles. The first kappa shape index (κ1) is 12.9. The molecular weight excluding hydrogens is 222 g/mol. The van der Waals surface area contributed by atoms with Crippen LogP contribution < -0.4 is 5.32 Å². The number of carbonyl (C=O) groups is 2. The summed E-state index contributed by atoms with van der Waals surface area (Å²) in [7, 11) is 0.